The van der Waals surface area contributed by atoms with Crippen LogP contribution in [0.1, 0.15) is 15.9 Å². The summed E-state index contributed by atoms with van der Waals surface area (Å²) in [6.45, 7) is 0. The second-order valence-electron chi connectivity index (χ2n) is 4.62. The van der Waals surface area contributed by atoms with E-state index >= 15 is 0 Å². The molecule has 0 aliphatic carbocycles. The van der Waals surface area contributed by atoms with Crippen LogP contribution in [0.5, 0.6) is 23.0 Å². The summed E-state index contributed by atoms with van der Waals surface area (Å²) in [5.41, 5.74) is 1.09. The van der Waals surface area contributed by atoms with Gasteiger partial charge in [0.05, 0.1) is 14.2 Å². The zero-order valence-electron chi connectivity index (χ0n) is 11.6. The minimum absolute atomic E-state index is 0.101. The zero-order chi connectivity index (χ0) is 15.0. The van der Waals surface area contributed by atoms with Crippen molar-refractivity contribution in [2.75, 3.05) is 14.2 Å². The van der Waals surface area contributed by atoms with Crippen LogP contribution in [-0.4, -0.2) is 20.0 Å². The second kappa shape index (κ2) is 5.30. The number of ether oxygens (including phenoxy) is 3. The van der Waals surface area contributed by atoms with Gasteiger partial charge in [-0.3, -0.25) is 4.79 Å². The van der Waals surface area contributed by atoms with Gasteiger partial charge in [-0.25, -0.2) is 0 Å². The maximum Gasteiger partial charge on any atom is 0.174 e. The lowest BCUT2D eigenvalue weighted by molar-refractivity contribution is 0.0990. The number of hydrogen-bond acceptors (Lipinski definition) is 4. The molecule has 0 saturated carbocycles. The van der Waals surface area contributed by atoms with E-state index in [2.05, 4.69) is 0 Å². The first-order valence-corrected chi connectivity index (χ1v) is 6.76. The number of carbonyl (C=O) groups excluding carboxylic acids is 1. The Labute approximate surface area is 127 Å². The summed E-state index contributed by atoms with van der Waals surface area (Å²) in [7, 11) is 3.05. The van der Waals surface area contributed by atoms with Gasteiger partial charge >= 0.3 is 0 Å². The van der Waals surface area contributed by atoms with E-state index in [1.54, 1.807) is 37.4 Å². The number of hydrogen-bond donors (Lipinski definition) is 0. The van der Waals surface area contributed by atoms with Crippen LogP contribution >= 0.6 is 11.6 Å². The van der Waals surface area contributed by atoms with Gasteiger partial charge in [0.25, 0.3) is 0 Å². The van der Waals surface area contributed by atoms with Gasteiger partial charge in [-0.15, -0.1) is 0 Å². The Balaban J connectivity index is 2.22. The van der Waals surface area contributed by atoms with Crippen molar-refractivity contribution in [1.29, 1.82) is 0 Å². The molecule has 0 bridgehead atoms. The largest absolute Gasteiger partial charge is 0.496 e. The highest BCUT2D eigenvalue weighted by molar-refractivity contribution is 6.32. The van der Waals surface area contributed by atoms with Crippen LogP contribution < -0.4 is 14.2 Å². The molecule has 2 aromatic carbocycles. The highest BCUT2D eigenvalue weighted by Gasteiger charge is 2.27. The first-order chi connectivity index (χ1) is 10.1. The van der Waals surface area contributed by atoms with E-state index < -0.39 is 0 Å². The Morgan fingerprint density at radius 1 is 1.14 bits per heavy atom. The fraction of sp³-hybridized carbons (Fsp3) is 0.188. The molecule has 1 aliphatic heterocycles. The third kappa shape index (κ3) is 2.32. The van der Waals surface area contributed by atoms with E-state index in [0.29, 0.717) is 39.1 Å². The molecular formula is C16H13ClO4. The maximum absolute atomic E-state index is 12.5. The molecular weight excluding hydrogens is 292 g/mol. The van der Waals surface area contributed by atoms with Gasteiger partial charge in [0.1, 0.15) is 28.6 Å². The van der Waals surface area contributed by atoms with E-state index in [0.717, 1.165) is 0 Å². The number of ketones is 1. The number of rotatable bonds is 2. The molecule has 0 radical (unpaired) electrons. The Morgan fingerprint density at radius 3 is 2.67 bits per heavy atom. The second-order valence-corrected chi connectivity index (χ2v) is 5.03. The lowest BCUT2D eigenvalue weighted by Crippen LogP contribution is -2.05. The van der Waals surface area contributed by atoms with Crippen LogP contribution in [0, 0.1) is 0 Å². The first-order valence-electron chi connectivity index (χ1n) is 6.38. The molecule has 0 spiro atoms. The van der Waals surface area contributed by atoms with Crippen molar-refractivity contribution in [3.05, 3.63) is 46.5 Å². The smallest absolute Gasteiger partial charge is 0.174 e. The molecule has 0 unspecified atom stereocenters. The molecule has 0 aromatic heterocycles. The summed E-state index contributed by atoms with van der Waals surface area (Å²) in [5, 5.41) is 0.514. The molecule has 0 amide bonds. The highest BCUT2D eigenvalue weighted by atomic mass is 35.5. The fourth-order valence-electron chi connectivity index (χ4n) is 2.37. The zero-order valence-corrected chi connectivity index (χ0v) is 12.4. The molecule has 21 heavy (non-hydrogen) atoms. The van der Waals surface area contributed by atoms with E-state index in [1.165, 1.54) is 7.11 Å². The third-order valence-electron chi connectivity index (χ3n) is 3.41. The number of halogens is 1. The van der Waals surface area contributed by atoms with Gasteiger partial charge in [-0.2, -0.15) is 0 Å². The van der Waals surface area contributed by atoms with Crippen LogP contribution in [-0.2, 0) is 6.42 Å². The van der Waals surface area contributed by atoms with Gasteiger partial charge in [0.2, 0.25) is 0 Å². The fourth-order valence-corrected chi connectivity index (χ4v) is 2.61. The molecule has 1 heterocycles. The normalized spacial score (nSPS) is 12.8. The van der Waals surface area contributed by atoms with Crippen molar-refractivity contribution < 1.29 is 19.0 Å². The van der Waals surface area contributed by atoms with E-state index in [1.807, 2.05) is 0 Å². The van der Waals surface area contributed by atoms with E-state index in [-0.39, 0.29) is 12.2 Å². The number of benzene rings is 2. The van der Waals surface area contributed by atoms with Crippen molar-refractivity contribution in [3.8, 4) is 23.0 Å². The number of carbonyl (C=O) groups is 1. The van der Waals surface area contributed by atoms with Crippen LogP contribution in [0.2, 0.25) is 5.02 Å². The van der Waals surface area contributed by atoms with Crippen molar-refractivity contribution in [2.45, 2.75) is 6.42 Å². The molecule has 1 aliphatic rings. The number of Topliss-reactive ketones (excluding diaryl/α,β-unsaturated/α-hetero) is 1. The van der Waals surface area contributed by atoms with Gasteiger partial charge < -0.3 is 14.2 Å². The molecule has 0 atom stereocenters. The topological polar surface area (TPSA) is 44.8 Å². The lowest BCUT2D eigenvalue weighted by Gasteiger charge is -2.13. The van der Waals surface area contributed by atoms with E-state index in [4.69, 9.17) is 25.8 Å². The number of methoxy groups -OCH3 is 2. The van der Waals surface area contributed by atoms with Crippen molar-refractivity contribution in [1.82, 2.24) is 0 Å². The SMILES string of the molecule is COc1cc(OC)c2c(c1)Oc1cccc(Cl)c1CC2=O. The third-order valence-corrected chi connectivity index (χ3v) is 3.76. The summed E-state index contributed by atoms with van der Waals surface area (Å²) in [6, 6.07) is 8.65. The summed E-state index contributed by atoms with van der Waals surface area (Å²) in [6.07, 6.45) is 0.171. The first kappa shape index (κ1) is 13.8. The minimum atomic E-state index is -0.101. The quantitative estimate of drug-likeness (QED) is 0.844. The monoisotopic (exact) mass is 304 g/mol. The van der Waals surface area contributed by atoms with Crippen LogP contribution in [0.15, 0.2) is 30.3 Å². The predicted molar refractivity (Wildman–Crippen MR) is 79.1 cm³/mol. The molecule has 0 N–H and O–H groups in total. The highest BCUT2D eigenvalue weighted by Crippen LogP contribution is 2.42. The van der Waals surface area contributed by atoms with Crippen LogP contribution in [0.4, 0.5) is 0 Å². The molecule has 0 saturated heterocycles. The summed E-state index contributed by atoms with van der Waals surface area (Å²) >= 11 is 6.17. The van der Waals surface area contributed by atoms with Gasteiger partial charge in [-0.1, -0.05) is 17.7 Å². The standard InChI is InChI=1S/C16H13ClO4/c1-19-9-6-14(20-2)16-12(18)8-10-11(17)4-3-5-13(10)21-15(16)7-9/h3-7H,8H2,1-2H3. The van der Waals surface area contributed by atoms with Crippen molar-refractivity contribution >= 4 is 17.4 Å². The van der Waals surface area contributed by atoms with Gasteiger partial charge in [0.15, 0.2) is 5.78 Å². The van der Waals surface area contributed by atoms with Crippen LogP contribution in [0.25, 0.3) is 0 Å². The molecule has 108 valence electrons. The average Bonchev–Trinajstić information content (AvgIpc) is 2.63. The summed E-state index contributed by atoms with van der Waals surface area (Å²) in [5.74, 6) is 1.88. The van der Waals surface area contributed by atoms with Crippen LogP contribution in [0.3, 0.4) is 0 Å². The summed E-state index contributed by atoms with van der Waals surface area (Å²) < 4.78 is 16.4. The maximum atomic E-state index is 12.5. The molecule has 0 fully saturated rings. The minimum Gasteiger partial charge on any atom is -0.496 e. The Hall–Kier alpha value is -2.20. The predicted octanol–water partition coefficient (Wildman–Crippen LogP) is 3.89. The van der Waals surface area contributed by atoms with Crippen molar-refractivity contribution in [3.63, 3.8) is 0 Å². The Morgan fingerprint density at radius 2 is 1.95 bits per heavy atom. The lowest BCUT2D eigenvalue weighted by atomic mass is 10.0. The van der Waals surface area contributed by atoms with Gasteiger partial charge in [0, 0.05) is 29.1 Å². The Kier molecular flexibility index (Phi) is 3.47. The van der Waals surface area contributed by atoms with E-state index in [9.17, 15) is 4.79 Å². The summed E-state index contributed by atoms with van der Waals surface area (Å²) in [4.78, 5) is 12.5. The molecule has 2 aromatic rings. The molecule has 5 heteroatoms. The average molecular weight is 305 g/mol. The van der Waals surface area contributed by atoms with Crippen molar-refractivity contribution in [2.24, 2.45) is 0 Å². The Bertz CT molecular complexity index is 724. The number of fused-ring (bicyclic) bond motifs is 2. The molecule has 3 rings (SSSR count). The molecule has 4 nitrogen and oxygen atoms in total. The van der Waals surface area contributed by atoms with Gasteiger partial charge in [-0.05, 0) is 12.1 Å².